The third-order valence-electron chi connectivity index (χ3n) is 4.98. The Morgan fingerprint density at radius 3 is 2.76 bits per heavy atom. The van der Waals surface area contributed by atoms with Crippen molar-refractivity contribution in [1.82, 2.24) is 14.0 Å². The Bertz CT molecular complexity index is 1250. The van der Waals surface area contributed by atoms with Crippen molar-refractivity contribution in [3.05, 3.63) is 91.4 Å². The van der Waals surface area contributed by atoms with Crippen molar-refractivity contribution < 1.29 is 9.53 Å². The van der Waals surface area contributed by atoms with Gasteiger partial charge >= 0.3 is 5.97 Å². The number of aryl methyl sites for hydroxylation is 2. The molecule has 0 amide bonds. The minimum atomic E-state index is -0.415. The SMILES string of the molecule is Cc1cccn2c(=O)cc(COC(=O)c3cc(C)n(Cc4cccs4)c3C)nc12. The van der Waals surface area contributed by atoms with Crippen molar-refractivity contribution in [2.45, 2.75) is 33.9 Å². The molecular formula is C22H21N3O3S. The maximum absolute atomic E-state index is 12.7. The van der Waals surface area contributed by atoms with E-state index < -0.39 is 5.97 Å². The molecule has 4 aromatic rings. The summed E-state index contributed by atoms with van der Waals surface area (Å²) < 4.78 is 9.07. The number of aromatic nitrogens is 3. The minimum Gasteiger partial charge on any atom is -0.456 e. The van der Waals surface area contributed by atoms with Crippen LogP contribution in [0.1, 0.15) is 37.9 Å². The van der Waals surface area contributed by atoms with Crippen LogP contribution in [0.25, 0.3) is 5.65 Å². The highest BCUT2D eigenvalue weighted by atomic mass is 32.1. The van der Waals surface area contributed by atoms with Gasteiger partial charge in [-0.3, -0.25) is 9.20 Å². The van der Waals surface area contributed by atoms with Gasteiger partial charge in [0.2, 0.25) is 0 Å². The number of carbonyl (C=O) groups is 1. The van der Waals surface area contributed by atoms with E-state index in [-0.39, 0.29) is 12.2 Å². The van der Waals surface area contributed by atoms with Gasteiger partial charge in [0.1, 0.15) is 12.3 Å². The highest BCUT2D eigenvalue weighted by Gasteiger charge is 2.18. The van der Waals surface area contributed by atoms with Crippen molar-refractivity contribution in [1.29, 1.82) is 0 Å². The molecule has 7 heteroatoms. The van der Waals surface area contributed by atoms with Crippen molar-refractivity contribution in [3.8, 4) is 0 Å². The van der Waals surface area contributed by atoms with Crippen LogP contribution < -0.4 is 5.56 Å². The normalized spacial score (nSPS) is 11.1. The summed E-state index contributed by atoms with van der Waals surface area (Å²) in [5.41, 5.74) is 4.09. The lowest BCUT2D eigenvalue weighted by Gasteiger charge is -2.09. The molecule has 0 aliphatic heterocycles. The van der Waals surface area contributed by atoms with E-state index in [0.29, 0.717) is 16.9 Å². The Kier molecular flexibility index (Phi) is 5.07. The lowest BCUT2D eigenvalue weighted by Crippen LogP contribution is -2.17. The fourth-order valence-corrected chi connectivity index (χ4v) is 4.10. The maximum Gasteiger partial charge on any atom is 0.340 e. The molecule has 6 nitrogen and oxygen atoms in total. The van der Waals surface area contributed by atoms with Crippen LogP contribution in [0.15, 0.2) is 52.8 Å². The van der Waals surface area contributed by atoms with Gasteiger partial charge in [-0.25, -0.2) is 9.78 Å². The Labute approximate surface area is 172 Å². The van der Waals surface area contributed by atoms with Crippen LogP contribution in [-0.4, -0.2) is 19.9 Å². The lowest BCUT2D eigenvalue weighted by molar-refractivity contribution is 0.0466. The molecular weight excluding hydrogens is 386 g/mol. The van der Waals surface area contributed by atoms with Crippen LogP contribution in [0.4, 0.5) is 0 Å². The number of pyridine rings is 1. The molecule has 0 aromatic carbocycles. The Morgan fingerprint density at radius 2 is 2.00 bits per heavy atom. The topological polar surface area (TPSA) is 65.6 Å². The largest absolute Gasteiger partial charge is 0.456 e. The maximum atomic E-state index is 12.7. The van der Waals surface area contributed by atoms with Gasteiger partial charge < -0.3 is 9.30 Å². The van der Waals surface area contributed by atoms with Gasteiger partial charge in [0.15, 0.2) is 0 Å². The van der Waals surface area contributed by atoms with Crippen LogP contribution >= 0.6 is 11.3 Å². The first-order valence-electron chi connectivity index (χ1n) is 9.28. The van der Waals surface area contributed by atoms with E-state index in [1.54, 1.807) is 23.6 Å². The molecule has 0 bridgehead atoms. The Morgan fingerprint density at radius 1 is 1.17 bits per heavy atom. The van der Waals surface area contributed by atoms with Gasteiger partial charge in [-0.15, -0.1) is 11.3 Å². The van der Waals surface area contributed by atoms with E-state index in [2.05, 4.69) is 15.6 Å². The number of ether oxygens (including phenoxy) is 1. The summed E-state index contributed by atoms with van der Waals surface area (Å²) in [4.78, 5) is 30.7. The first-order valence-corrected chi connectivity index (χ1v) is 10.2. The Hall–Kier alpha value is -3.19. The van der Waals surface area contributed by atoms with Crippen LogP contribution in [-0.2, 0) is 17.9 Å². The average Bonchev–Trinajstić information content (AvgIpc) is 3.31. The summed E-state index contributed by atoms with van der Waals surface area (Å²) in [5.74, 6) is -0.415. The second-order valence-electron chi connectivity index (χ2n) is 7.00. The summed E-state index contributed by atoms with van der Waals surface area (Å²) in [5, 5.41) is 2.04. The molecule has 0 saturated heterocycles. The van der Waals surface area contributed by atoms with E-state index in [4.69, 9.17) is 4.74 Å². The fraction of sp³-hybridized carbons (Fsp3) is 0.227. The predicted octanol–water partition coefficient (Wildman–Crippen LogP) is 3.89. The predicted molar refractivity (Wildman–Crippen MR) is 113 cm³/mol. The van der Waals surface area contributed by atoms with Crippen LogP contribution in [0, 0.1) is 20.8 Å². The van der Waals surface area contributed by atoms with Gasteiger partial charge in [-0.1, -0.05) is 12.1 Å². The third kappa shape index (κ3) is 3.73. The summed E-state index contributed by atoms with van der Waals surface area (Å²) in [6, 6.07) is 11.0. The number of fused-ring (bicyclic) bond motifs is 1. The first-order chi connectivity index (χ1) is 13.9. The number of carbonyl (C=O) groups excluding carboxylic acids is 1. The summed E-state index contributed by atoms with van der Waals surface area (Å²) in [6.07, 6.45) is 1.68. The molecule has 4 aromatic heterocycles. The van der Waals surface area contributed by atoms with Crippen molar-refractivity contribution in [2.75, 3.05) is 0 Å². The molecule has 0 aliphatic carbocycles. The van der Waals surface area contributed by atoms with E-state index in [1.165, 1.54) is 15.3 Å². The molecule has 0 spiro atoms. The number of hydrogen-bond acceptors (Lipinski definition) is 5. The zero-order valence-corrected chi connectivity index (χ0v) is 17.3. The highest BCUT2D eigenvalue weighted by Crippen LogP contribution is 2.20. The molecule has 0 fully saturated rings. The van der Waals surface area contributed by atoms with Crippen LogP contribution in [0.2, 0.25) is 0 Å². The zero-order chi connectivity index (χ0) is 20.5. The second-order valence-corrected chi connectivity index (χ2v) is 8.03. The number of rotatable bonds is 5. The number of esters is 1. The third-order valence-corrected chi connectivity index (χ3v) is 5.84. The molecule has 0 atom stereocenters. The Balaban J connectivity index is 1.54. The molecule has 0 radical (unpaired) electrons. The molecule has 0 N–H and O–H groups in total. The van der Waals surface area contributed by atoms with Gasteiger partial charge in [0, 0.05) is 28.5 Å². The van der Waals surface area contributed by atoms with Crippen LogP contribution in [0.3, 0.4) is 0 Å². The number of hydrogen-bond donors (Lipinski definition) is 0. The number of thiophene rings is 1. The average molecular weight is 407 g/mol. The lowest BCUT2D eigenvalue weighted by atomic mass is 10.2. The van der Waals surface area contributed by atoms with E-state index in [0.717, 1.165) is 23.5 Å². The molecule has 0 saturated carbocycles. The number of nitrogens with zero attached hydrogens (tertiary/aromatic N) is 3. The minimum absolute atomic E-state index is 0.0481. The summed E-state index contributed by atoms with van der Waals surface area (Å²) >= 11 is 1.69. The van der Waals surface area contributed by atoms with Gasteiger partial charge in [0.05, 0.1) is 17.8 Å². The zero-order valence-electron chi connectivity index (χ0n) is 16.5. The summed E-state index contributed by atoms with van der Waals surface area (Å²) in [7, 11) is 0. The van der Waals surface area contributed by atoms with Crippen molar-refractivity contribution in [3.63, 3.8) is 0 Å². The van der Waals surface area contributed by atoms with Crippen molar-refractivity contribution in [2.24, 2.45) is 0 Å². The molecule has 4 heterocycles. The highest BCUT2D eigenvalue weighted by molar-refractivity contribution is 7.09. The molecule has 148 valence electrons. The van der Waals surface area contributed by atoms with Crippen LogP contribution in [0.5, 0.6) is 0 Å². The van der Waals surface area contributed by atoms with E-state index in [9.17, 15) is 9.59 Å². The molecule has 29 heavy (non-hydrogen) atoms. The monoisotopic (exact) mass is 407 g/mol. The van der Waals surface area contributed by atoms with E-state index >= 15 is 0 Å². The van der Waals surface area contributed by atoms with Gasteiger partial charge in [0.25, 0.3) is 5.56 Å². The first kappa shape index (κ1) is 19.1. The molecule has 0 aliphatic rings. The molecule has 0 unspecified atom stereocenters. The van der Waals surface area contributed by atoms with E-state index in [1.807, 2.05) is 44.4 Å². The quantitative estimate of drug-likeness (QED) is 0.471. The second kappa shape index (κ2) is 7.67. The van der Waals surface area contributed by atoms with Gasteiger partial charge in [-0.2, -0.15) is 0 Å². The van der Waals surface area contributed by atoms with Gasteiger partial charge in [-0.05, 0) is 49.9 Å². The smallest absolute Gasteiger partial charge is 0.340 e. The summed E-state index contributed by atoms with van der Waals surface area (Å²) in [6.45, 7) is 6.46. The fourth-order valence-electron chi connectivity index (χ4n) is 3.41. The standard InChI is InChI=1S/C22H21N3O3S/c1-14-6-4-8-24-20(26)11-17(23-21(14)24)13-28-22(27)19-10-15(2)25(16(19)3)12-18-7-5-9-29-18/h4-11H,12-13H2,1-3H3. The molecule has 4 rings (SSSR count). The van der Waals surface area contributed by atoms with Crippen molar-refractivity contribution >= 4 is 23.0 Å².